The van der Waals surface area contributed by atoms with Crippen molar-refractivity contribution < 1.29 is 5.11 Å². The Hall–Kier alpha value is -0.580. The van der Waals surface area contributed by atoms with Gasteiger partial charge in [-0.2, -0.15) is 0 Å². The van der Waals surface area contributed by atoms with Crippen LogP contribution in [0.15, 0.2) is 6.20 Å². The topological polar surface area (TPSA) is 50.1 Å². The van der Waals surface area contributed by atoms with E-state index in [2.05, 4.69) is 24.1 Å². The summed E-state index contributed by atoms with van der Waals surface area (Å²) >= 11 is 5.89. The summed E-state index contributed by atoms with van der Waals surface area (Å²) in [4.78, 5) is 4.20. The summed E-state index contributed by atoms with van der Waals surface area (Å²) in [5.41, 5.74) is 0.101. The molecule has 0 saturated carbocycles. The Morgan fingerprint density at radius 3 is 2.75 bits per heavy atom. The second-order valence-electron chi connectivity index (χ2n) is 4.80. The summed E-state index contributed by atoms with van der Waals surface area (Å²) < 4.78 is 1.85. The van der Waals surface area contributed by atoms with Gasteiger partial charge in [0.25, 0.3) is 0 Å². The maximum Gasteiger partial charge on any atom is 0.128 e. The zero-order valence-electron chi connectivity index (χ0n) is 10.1. The summed E-state index contributed by atoms with van der Waals surface area (Å²) in [7, 11) is 1.89. The highest BCUT2D eigenvalue weighted by Crippen LogP contribution is 2.18. The van der Waals surface area contributed by atoms with Gasteiger partial charge in [-0.1, -0.05) is 25.4 Å². The predicted molar refractivity (Wildman–Crippen MR) is 65.4 cm³/mol. The van der Waals surface area contributed by atoms with Crippen molar-refractivity contribution in [1.29, 1.82) is 0 Å². The van der Waals surface area contributed by atoms with Gasteiger partial charge < -0.3 is 15.0 Å². The number of halogens is 1. The van der Waals surface area contributed by atoms with Crippen molar-refractivity contribution in [1.82, 2.24) is 14.9 Å². The fourth-order valence-electron chi connectivity index (χ4n) is 1.49. The van der Waals surface area contributed by atoms with Crippen LogP contribution in [-0.2, 0) is 13.6 Å². The van der Waals surface area contributed by atoms with Crippen molar-refractivity contribution in [3.05, 3.63) is 17.2 Å². The fourth-order valence-corrected chi connectivity index (χ4v) is 1.64. The monoisotopic (exact) mass is 245 g/mol. The standard InChI is InChI=1S/C11H20ClN3O/c1-11(2,4-5-16)8-13-7-10-14-6-9(12)15(10)3/h6,13,16H,4-5,7-8H2,1-3H3. The molecule has 0 aliphatic heterocycles. The molecular weight excluding hydrogens is 226 g/mol. The molecule has 0 radical (unpaired) electrons. The first-order chi connectivity index (χ1) is 7.46. The van der Waals surface area contributed by atoms with Gasteiger partial charge in [-0.15, -0.1) is 0 Å². The first-order valence-corrected chi connectivity index (χ1v) is 5.82. The highest BCUT2D eigenvalue weighted by molar-refractivity contribution is 6.29. The highest BCUT2D eigenvalue weighted by atomic mass is 35.5. The number of nitrogens with one attached hydrogen (secondary N) is 1. The van der Waals surface area contributed by atoms with Crippen LogP contribution in [0, 0.1) is 5.41 Å². The van der Waals surface area contributed by atoms with E-state index in [4.69, 9.17) is 16.7 Å². The zero-order valence-corrected chi connectivity index (χ0v) is 10.9. The number of nitrogens with zero attached hydrogens (tertiary/aromatic N) is 2. The van der Waals surface area contributed by atoms with Gasteiger partial charge in [0.1, 0.15) is 11.0 Å². The molecular formula is C11H20ClN3O. The molecule has 2 N–H and O–H groups in total. The molecule has 0 aliphatic rings. The van der Waals surface area contributed by atoms with E-state index >= 15 is 0 Å². The molecule has 0 atom stereocenters. The molecule has 1 aromatic rings. The van der Waals surface area contributed by atoms with Crippen LogP contribution < -0.4 is 5.32 Å². The first-order valence-electron chi connectivity index (χ1n) is 5.44. The van der Waals surface area contributed by atoms with Crippen molar-refractivity contribution >= 4 is 11.6 Å². The van der Waals surface area contributed by atoms with Crippen LogP contribution in [0.5, 0.6) is 0 Å². The third-order valence-electron chi connectivity index (χ3n) is 2.70. The fraction of sp³-hybridized carbons (Fsp3) is 0.727. The van der Waals surface area contributed by atoms with Gasteiger partial charge in [-0.05, 0) is 11.8 Å². The Morgan fingerprint density at radius 1 is 1.56 bits per heavy atom. The van der Waals surface area contributed by atoms with Crippen LogP contribution in [0.3, 0.4) is 0 Å². The lowest BCUT2D eigenvalue weighted by Crippen LogP contribution is -2.30. The minimum Gasteiger partial charge on any atom is -0.396 e. The van der Waals surface area contributed by atoms with Crippen LogP contribution in [0.25, 0.3) is 0 Å². The van der Waals surface area contributed by atoms with Crippen LogP contribution in [0.4, 0.5) is 0 Å². The summed E-state index contributed by atoms with van der Waals surface area (Å²) in [5.74, 6) is 0.921. The molecule has 0 spiro atoms. The van der Waals surface area contributed by atoms with E-state index < -0.39 is 0 Å². The van der Waals surface area contributed by atoms with E-state index in [0.29, 0.717) is 11.7 Å². The predicted octanol–water partition coefficient (Wildman–Crippen LogP) is 1.57. The van der Waals surface area contributed by atoms with E-state index in [1.54, 1.807) is 6.20 Å². The maximum absolute atomic E-state index is 8.90. The lowest BCUT2D eigenvalue weighted by molar-refractivity contribution is 0.206. The lowest BCUT2D eigenvalue weighted by atomic mass is 9.90. The second kappa shape index (κ2) is 5.66. The van der Waals surface area contributed by atoms with Gasteiger partial charge in [0.15, 0.2) is 0 Å². The molecule has 5 heteroatoms. The zero-order chi connectivity index (χ0) is 12.2. The summed E-state index contributed by atoms with van der Waals surface area (Å²) in [6.07, 6.45) is 2.44. The molecule has 0 fully saturated rings. The molecule has 16 heavy (non-hydrogen) atoms. The van der Waals surface area contributed by atoms with Crippen molar-refractivity contribution in [3.63, 3.8) is 0 Å². The normalized spacial score (nSPS) is 12.1. The highest BCUT2D eigenvalue weighted by Gasteiger charge is 2.16. The molecule has 1 aromatic heterocycles. The number of rotatable bonds is 6. The van der Waals surface area contributed by atoms with Crippen LogP contribution in [-0.4, -0.2) is 27.8 Å². The Bertz CT molecular complexity index is 336. The van der Waals surface area contributed by atoms with Crippen LogP contribution in [0.1, 0.15) is 26.1 Å². The molecule has 1 heterocycles. The number of imidazole rings is 1. The molecule has 0 aliphatic carbocycles. The molecule has 4 nitrogen and oxygen atoms in total. The summed E-state index contributed by atoms with van der Waals surface area (Å²) in [6.45, 7) is 6.02. The average Bonchev–Trinajstić information content (AvgIpc) is 2.49. The Kier molecular flexibility index (Phi) is 4.77. The second-order valence-corrected chi connectivity index (χ2v) is 5.18. The van der Waals surface area contributed by atoms with Gasteiger partial charge in [-0.25, -0.2) is 4.98 Å². The molecule has 1 rings (SSSR count). The van der Waals surface area contributed by atoms with Crippen molar-refractivity contribution in [2.24, 2.45) is 12.5 Å². The smallest absolute Gasteiger partial charge is 0.128 e. The lowest BCUT2D eigenvalue weighted by Gasteiger charge is -2.23. The Balaban J connectivity index is 2.38. The summed E-state index contributed by atoms with van der Waals surface area (Å²) in [6, 6.07) is 0. The van der Waals surface area contributed by atoms with Crippen molar-refractivity contribution in [2.45, 2.75) is 26.8 Å². The number of aromatic nitrogens is 2. The van der Waals surface area contributed by atoms with E-state index in [9.17, 15) is 0 Å². The van der Waals surface area contributed by atoms with Gasteiger partial charge in [-0.3, -0.25) is 0 Å². The minimum absolute atomic E-state index is 0.101. The maximum atomic E-state index is 8.90. The molecule has 0 bridgehead atoms. The number of aliphatic hydroxyl groups is 1. The van der Waals surface area contributed by atoms with Gasteiger partial charge >= 0.3 is 0 Å². The molecule has 92 valence electrons. The molecule has 0 amide bonds. The van der Waals surface area contributed by atoms with Crippen molar-refractivity contribution in [2.75, 3.05) is 13.2 Å². The Morgan fingerprint density at radius 2 is 2.25 bits per heavy atom. The minimum atomic E-state index is 0.101. The molecule has 0 saturated heterocycles. The van der Waals surface area contributed by atoms with Gasteiger partial charge in [0.2, 0.25) is 0 Å². The van der Waals surface area contributed by atoms with E-state index in [-0.39, 0.29) is 12.0 Å². The van der Waals surface area contributed by atoms with Crippen LogP contribution >= 0.6 is 11.6 Å². The summed E-state index contributed by atoms with van der Waals surface area (Å²) in [5, 5.41) is 12.9. The van der Waals surface area contributed by atoms with E-state index in [1.165, 1.54) is 0 Å². The van der Waals surface area contributed by atoms with Crippen molar-refractivity contribution in [3.8, 4) is 0 Å². The van der Waals surface area contributed by atoms with Gasteiger partial charge in [0.05, 0.1) is 12.7 Å². The quantitative estimate of drug-likeness (QED) is 0.800. The first kappa shape index (κ1) is 13.5. The van der Waals surface area contributed by atoms with Gasteiger partial charge in [0, 0.05) is 20.2 Å². The number of hydrogen-bond donors (Lipinski definition) is 2. The van der Waals surface area contributed by atoms with Crippen LogP contribution in [0.2, 0.25) is 5.15 Å². The molecule has 0 aromatic carbocycles. The Labute approximate surface area is 102 Å². The third-order valence-corrected chi connectivity index (χ3v) is 3.05. The van der Waals surface area contributed by atoms with E-state index in [0.717, 1.165) is 18.8 Å². The molecule has 0 unspecified atom stereocenters. The SMILES string of the molecule is Cn1c(Cl)cnc1CNCC(C)(C)CCO. The number of hydrogen-bond acceptors (Lipinski definition) is 3. The third kappa shape index (κ3) is 3.77. The average molecular weight is 246 g/mol. The van der Waals surface area contributed by atoms with E-state index in [1.807, 2.05) is 11.6 Å². The number of aliphatic hydroxyl groups excluding tert-OH is 1. The largest absolute Gasteiger partial charge is 0.396 e.